The average Bonchev–Trinajstić information content (AvgIpc) is 2.81. The minimum atomic E-state index is -2.90. The van der Waals surface area contributed by atoms with E-state index in [0.29, 0.717) is 11.1 Å². The largest absolute Gasteiger partial charge is 0.434 e. The maximum atomic E-state index is 12.2. The second-order valence-corrected chi connectivity index (χ2v) is 4.16. The van der Waals surface area contributed by atoms with Gasteiger partial charge in [0.25, 0.3) is 0 Å². The first-order chi connectivity index (χ1) is 8.18. The molecule has 2 nitrogen and oxygen atoms in total. The summed E-state index contributed by atoms with van der Waals surface area (Å²) in [5.41, 5.74) is 1.01. The fourth-order valence-corrected chi connectivity index (χ4v) is 2.20. The molecule has 0 aliphatic heterocycles. The molecule has 0 bridgehead atoms. The van der Waals surface area contributed by atoms with Crippen molar-refractivity contribution < 1.29 is 18.6 Å². The van der Waals surface area contributed by atoms with Crippen molar-refractivity contribution in [2.75, 3.05) is 0 Å². The van der Waals surface area contributed by atoms with E-state index in [4.69, 9.17) is 0 Å². The lowest BCUT2D eigenvalue weighted by molar-refractivity contribution is -0.0512. The van der Waals surface area contributed by atoms with E-state index < -0.39 is 12.7 Å². The van der Waals surface area contributed by atoms with Crippen LogP contribution in [-0.4, -0.2) is 11.7 Å². The van der Waals surface area contributed by atoms with E-state index in [1.165, 1.54) is 17.4 Å². The van der Waals surface area contributed by atoms with Crippen molar-refractivity contribution in [1.82, 2.24) is 0 Å². The maximum Gasteiger partial charge on any atom is 0.387 e. The zero-order chi connectivity index (χ0) is 12.3. The highest BCUT2D eigenvalue weighted by molar-refractivity contribution is 7.07. The van der Waals surface area contributed by atoms with Gasteiger partial charge >= 0.3 is 6.61 Å². The van der Waals surface area contributed by atoms with E-state index in [1.54, 1.807) is 29.6 Å². The van der Waals surface area contributed by atoms with Gasteiger partial charge in [-0.25, -0.2) is 0 Å². The van der Waals surface area contributed by atoms with Gasteiger partial charge < -0.3 is 9.84 Å². The summed E-state index contributed by atoms with van der Waals surface area (Å²) in [6.45, 7) is -2.90. The highest BCUT2D eigenvalue weighted by atomic mass is 32.1. The van der Waals surface area contributed by atoms with Crippen LogP contribution in [0.2, 0.25) is 0 Å². The van der Waals surface area contributed by atoms with Gasteiger partial charge in [0, 0.05) is 5.56 Å². The average molecular weight is 256 g/mol. The summed E-state index contributed by atoms with van der Waals surface area (Å²) < 4.78 is 28.8. The quantitative estimate of drug-likeness (QED) is 0.908. The number of para-hydroxylation sites is 1. The van der Waals surface area contributed by atoms with E-state index in [9.17, 15) is 13.9 Å². The van der Waals surface area contributed by atoms with E-state index in [-0.39, 0.29) is 5.75 Å². The Bertz CT molecular complexity index is 471. The van der Waals surface area contributed by atoms with Crippen LogP contribution in [0.5, 0.6) is 5.75 Å². The minimum Gasteiger partial charge on any atom is -0.434 e. The second kappa shape index (κ2) is 5.25. The highest BCUT2D eigenvalue weighted by Crippen LogP contribution is 2.31. The Morgan fingerprint density at radius 2 is 1.94 bits per heavy atom. The third kappa shape index (κ3) is 2.81. The third-order valence-corrected chi connectivity index (χ3v) is 2.99. The van der Waals surface area contributed by atoms with Gasteiger partial charge in [-0.1, -0.05) is 18.2 Å². The molecule has 1 unspecified atom stereocenters. The number of aliphatic hydroxyl groups is 1. The number of halogens is 2. The zero-order valence-electron chi connectivity index (χ0n) is 8.72. The number of rotatable bonds is 4. The molecule has 0 fully saturated rings. The van der Waals surface area contributed by atoms with E-state index in [2.05, 4.69) is 4.74 Å². The number of thiophene rings is 1. The molecule has 1 aromatic heterocycles. The molecule has 1 N–H and O–H groups in total. The lowest BCUT2D eigenvalue weighted by Gasteiger charge is -2.14. The van der Waals surface area contributed by atoms with Gasteiger partial charge in [0.1, 0.15) is 11.9 Å². The molecule has 0 aliphatic rings. The normalized spacial score (nSPS) is 12.7. The number of benzene rings is 1. The Balaban J connectivity index is 2.31. The highest BCUT2D eigenvalue weighted by Gasteiger charge is 2.17. The van der Waals surface area contributed by atoms with Crippen LogP contribution >= 0.6 is 11.3 Å². The Morgan fingerprint density at radius 1 is 1.18 bits per heavy atom. The predicted molar refractivity (Wildman–Crippen MR) is 61.5 cm³/mol. The predicted octanol–water partition coefficient (Wildman–Crippen LogP) is 3.43. The second-order valence-electron chi connectivity index (χ2n) is 3.38. The molecule has 1 heterocycles. The van der Waals surface area contributed by atoms with Crippen molar-refractivity contribution in [2.45, 2.75) is 12.7 Å². The first kappa shape index (κ1) is 12.0. The number of hydrogen-bond donors (Lipinski definition) is 1. The van der Waals surface area contributed by atoms with Crippen LogP contribution < -0.4 is 4.74 Å². The number of aliphatic hydroxyl groups excluding tert-OH is 1. The standard InChI is InChI=1S/C12H10F2O2S/c13-12(14)16-10-4-2-1-3-9(10)11(15)8-5-6-17-7-8/h1-7,11-12,15H. The molecule has 5 heteroatoms. The van der Waals surface area contributed by atoms with E-state index in [0.717, 1.165) is 0 Å². The Kier molecular flexibility index (Phi) is 3.71. The molecule has 0 aliphatic carbocycles. The fraction of sp³-hybridized carbons (Fsp3) is 0.167. The van der Waals surface area contributed by atoms with Gasteiger partial charge in [-0.15, -0.1) is 0 Å². The molecule has 1 atom stereocenters. The van der Waals surface area contributed by atoms with Crippen molar-refractivity contribution >= 4 is 11.3 Å². The molecular formula is C12H10F2O2S. The van der Waals surface area contributed by atoms with Crippen molar-refractivity contribution in [3.63, 3.8) is 0 Å². The molecule has 2 aromatic rings. The maximum absolute atomic E-state index is 12.2. The first-order valence-corrected chi connectivity index (χ1v) is 5.86. The fourth-order valence-electron chi connectivity index (χ4n) is 1.52. The van der Waals surface area contributed by atoms with Crippen LogP contribution in [0.4, 0.5) is 8.78 Å². The number of hydrogen-bond acceptors (Lipinski definition) is 3. The zero-order valence-corrected chi connectivity index (χ0v) is 9.53. The van der Waals surface area contributed by atoms with Crippen LogP contribution in [-0.2, 0) is 0 Å². The minimum absolute atomic E-state index is 0.00111. The first-order valence-electron chi connectivity index (χ1n) is 4.92. The summed E-state index contributed by atoms with van der Waals surface area (Å²) in [7, 11) is 0. The van der Waals surface area contributed by atoms with Gasteiger partial charge in [-0.2, -0.15) is 20.1 Å². The summed E-state index contributed by atoms with van der Waals surface area (Å²) in [4.78, 5) is 0. The number of ether oxygens (including phenoxy) is 1. The summed E-state index contributed by atoms with van der Waals surface area (Å²) in [5, 5.41) is 13.6. The van der Waals surface area contributed by atoms with Gasteiger partial charge in [0.2, 0.25) is 0 Å². The Morgan fingerprint density at radius 3 is 2.59 bits per heavy atom. The van der Waals surface area contributed by atoms with Gasteiger partial charge in [-0.05, 0) is 28.5 Å². The molecule has 0 saturated heterocycles. The topological polar surface area (TPSA) is 29.5 Å². The number of alkyl halides is 2. The van der Waals surface area contributed by atoms with Crippen LogP contribution in [0.15, 0.2) is 41.1 Å². The van der Waals surface area contributed by atoms with Gasteiger partial charge in [0.15, 0.2) is 0 Å². The van der Waals surface area contributed by atoms with Crippen molar-refractivity contribution in [1.29, 1.82) is 0 Å². The molecule has 1 aromatic carbocycles. The van der Waals surface area contributed by atoms with Crippen LogP contribution in [0.1, 0.15) is 17.2 Å². The van der Waals surface area contributed by atoms with Crippen LogP contribution in [0, 0.1) is 0 Å². The van der Waals surface area contributed by atoms with Crippen LogP contribution in [0.25, 0.3) is 0 Å². The Labute approximate surface area is 101 Å². The summed E-state index contributed by atoms with van der Waals surface area (Å²) >= 11 is 1.43. The summed E-state index contributed by atoms with van der Waals surface area (Å²) in [6, 6.07) is 7.98. The van der Waals surface area contributed by atoms with Crippen LogP contribution in [0.3, 0.4) is 0 Å². The van der Waals surface area contributed by atoms with Crippen molar-refractivity contribution in [3.8, 4) is 5.75 Å². The molecular weight excluding hydrogens is 246 g/mol. The molecule has 90 valence electrons. The van der Waals surface area contributed by atoms with Gasteiger partial charge in [-0.3, -0.25) is 0 Å². The molecule has 0 radical (unpaired) electrons. The lowest BCUT2D eigenvalue weighted by Crippen LogP contribution is -2.07. The molecule has 2 rings (SSSR count). The molecule has 0 spiro atoms. The van der Waals surface area contributed by atoms with E-state index in [1.807, 2.05) is 5.38 Å². The van der Waals surface area contributed by atoms with Gasteiger partial charge in [0.05, 0.1) is 0 Å². The molecule has 0 amide bonds. The monoisotopic (exact) mass is 256 g/mol. The summed E-state index contributed by atoms with van der Waals surface area (Å²) in [6.07, 6.45) is -0.948. The summed E-state index contributed by atoms with van der Waals surface area (Å²) in [5.74, 6) is 0.00111. The van der Waals surface area contributed by atoms with E-state index >= 15 is 0 Å². The van der Waals surface area contributed by atoms with Crippen molar-refractivity contribution in [3.05, 3.63) is 52.2 Å². The molecule has 17 heavy (non-hydrogen) atoms. The van der Waals surface area contributed by atoms with Crippen molar-refractivity contribution in [2.24, 2.45) is 0 Å². The lowest BCUT2D eigenvalue weighted by atomic mass is 10.0. The Hall–Kier alpha value is -1.46. The molecule has 0 saturated carbocycles. The third-order valence-electron chi connectivity index (χ3n) is 2.29. The SMILES string of the molecule is OC(c1ccsc1)c1ccccc1OC(F)F. The smallest absolute Gasteiger partial charge is 0.387 e.